The minimum atomic E-state index is -0.275. The summed E-state index contributed by atoms with van der Waals surface area (Å²) in [5.74, 6) is -0.365. The number of halogens is 1. The molecule has 0 saturated carbocycles. The molecule has 6 heteroatoms. The van der Waals surface area contributed by atoms with Crippen LogP contribution in [0.15, 0.2) is 36.5 Å². The predicted octanol–water partition coefficient (Wildman–Crippen LogP) is 3.46. The zero-order valence-electron chi connectivity index (χ0n) is 14.6. The zero-order chi connectivity index (χ0) is 18.0. The molecule has 3 rings (SSSR count). The van der Waals surface area contributed by atoms with Gasteiger partial charge in [-0.1, -0.05) is 19.1 Å². The summed E-state index contributed by atoms with van der Waals surface area (Å²) in [7, 11) is 0. The van der Waals surface area contributed by atoms with Gasteiger partial charge in [0.1, 0.15) is 12.4 Å². The van der Waals surface area contributed by atoms with Gasteiger partial charge >= 0.3 is 0 Å². The Bertz CT molecular complexity index is 902. The fraction of sp³-hybridized carbons (Fsp3) is 0.316. The van der Waals surface area contributed by atoms with Crippen molar-refractivity contribution in [3.63, 3.8) is 0 Å². The summed E-state index contributed by atoms with van der Waals surface area (Å²) in [4.78, 5) is 16.6. The molecule has 0 aliphatic heterocycles. The number of hydrogen-bond donors (Lipinski definition) is 1. The van der Waals surface area contributed by atoms with Gasteiger partial charge in [-0.05, 0) is 49.6 Å². The van der Waals surface area contributed by atoms with Gasteiger partial charge in [-0.15, -0.1) is 0 Å². The first-order valence-corrected chi connectivity index (χ1v) is 8.37. The molecule has 25 heavy (non-hydrogen) atoms. The summed E-state index contributed by atoms with van der Waals surface area (Å²) in [6.45, 7) is 6.00. The van der Waals surface area contributed by atoms with Crippen molar-refractivity contribution >= 4 is 16.9 Å². The van der Waals surface area contributed by atoms with Crippen molar-refractivity contribution in [1.29, 1.82) is 0 Å². The molecule has 1 unspecified atom stereocenters. The van der Waals surface area contributed by atoms with Gasteiger partial charge in [0.2, 0.25) is 5.91 Å². The lowest BCUT2D eigenvalue weighted by atomic mass is 10.0. The van der Waals surface area contributed by atoms with E-state index in [1.807, 2.05) is 26.8 Å². The molecular formula is C19H21FN4O. The number of fused-ring (bicyclic) bond motifs is 1. The second-order valence-corrected chi connectivity index (χ2v) is 6.18. The Hall–Kier alpha value is -2.76. The van der Waals surface area contributed by atoms with Crippen LogP contribution >= 0.6 is 0 Å². The Balaban J connectivity index is 1.99. The van der Waals surface area contributed by atoms with E-state index in [0.29, 0.717) is 5.65 Å². The summed E-state index contributed by atoms with van der Waals surface area (Å²) >= 11 is 0. The van der Waals surface area contributed by atoms with Crippen LogP contribution in [0, 0.1) is 12.7 Å². The standard InChI is InChI=1S/C19H21FN4O/c1-4-12(2)22-17(25)11-24-19-18(13(3)23-24)16(9-10-21-19)14-5-7-15(20)8-6-14/h5-10,12H,4,11H2,1-3H3,(H,22,25). The summed E-state index contributed by atoms with van der Waals surface area (Å²) in [5, 5.41) is 8.30. The second kappa shape index (κ2) is 7.01. The molecular weight excluding hydrogens is 319 g/mol. The summed E-state index contributed by atoms with van der Waals surface area (Å²) in [6.07, 6.45) is 2.56. The number of carbonyl (C=O) groups excluding carboxylic acids is 1. The van der Waals surface area contributed by atoms with Gasteiger partial charge in [0.25, 0.3) is 0 Å². The van der Waals surface area contributed by atoms with Crippen molar-refractivity contribution in [3.8, 4) is 11.1 Å². The van der Waals surface area contributed by atoms with Crippen molar-refractivity contribution in [2.45, 2.75) is 39.8 Å². The summed E-state index contributed by atoms with van der Waals surface area (Å²) < 4.78 is 14.8. The van der Waals surface area contributed by atoms with Crippen LogP contribution in [-0.4, -0.2) is 26.7 Å². The van der Waals surface area contributed by atoms with Gasteiger partial charge in [-0.2, -0.15) is 5.10 Å². The van der Waals surface area contributed by atoms with E-state index < -0.39 is 0 Å². The molecule has 1 atom stereocenters. The minimum Gasteiger partial charge on any atom is -0.352 e. The number of carbonyl (C=O) groups is 1. The van der Waals surface area contributed by atoms with E-state index in [-0.39, 0.29) is 24.3 Å². The van der Waals surface area contributed by atoms with Crippen LogP contribution in [0.3, 0.4) is 0 Å². The first-order valence-electron chi connectivity index (χ1n) is 8.37. The van der Waals surface area contributed by atoms with Gasteiger partial charge in [0.15, 0.2) is 5.65 Å². The molecule has 0 saturated heterocycles. The average molecular weight is 340 g/mol. The predicted molar refractivity (Wildman–Crippen MR) is 95.6 cm³/mol. The van der Waals surface area contributed by atoms with E-state index in [1.54, 1.807) is 23.0 Å². The van der Waals surface area contributed by atoms with Crippen molar-refractivity contribution < 1.29 is 9.18 Å². The van der Waals surface area contributed by atoms with Gasteiger partial charge in [-0.25, -0.2) is 14.1 Å². The topological polar surface area (TPSA) is 59.8 Å². The Morgan fingerprint density at radius 3 is 2.68 bits per heavy atom. The van der Waals surface area contributed by atoms with Crippen molar-refractivity contribution in [2.75, 3.05) is 0 Å². The molecule has 0 radical (unpaired) electrons. The van der Waals surface area contributed by atoms with Gasteiger partial charge < -0.3 is 5.32 Å². The maximum atomic E-state index is 13.2. The molecule has 2 heterocycles. The lowest BCUT2D eigenvalue weighted by molar-refractivity contribution is -0.122. The normalized spacial score (nSPS) is 12.3. The fourth-order valence-electron chi connectivity index (χ4n) is 2.82. The fourth-order valence-corrected chi connectivity index (χ4v) is 2.82. The third-order valence-corrected chi connectivity index (χ3v) is 4.28. The maximum Gasteiger partial charge on any atom is 0.242 e. The summed E-state index contributed by atoms with van der Waals surface area (Å²) in [6, 6.07) is 8.33. The van der Waals surface area contributed by atoms with Gasteiger partial charge in [-0.3, -0.25) is 4.79 Å². The van der Waals surface area contributed by atoms with E-state index >= 15 is 0 Å². The third-order valence-electron chi connectivity index (χ3n) is 4.28. The molecule has 1 aromatic carbocycles. The van der Waals surface area contributed by atoms with Crippen LogP contribution < -0.4 is 5.32 Å². The van der Waals surface area contributed by atoms with Crippen LogP contribution in [0.25, 0.3) is 22.2 Å². The second-order valence-electron chi connectivity index (χ2n) is 6.18. The van der Waals surface area contributed by atoms with Gasteiger partial charge in [0, 0.05) is 17.6 Å². The third kappa shape index (κ3) is 3.52. The molecule has 0 aliphatic rings. The number of pyridine rings is 1. The van der Waals surface area contributed by atoms with E-state index in [9.17, 15) is 9.18 Å². The first kappa shape index (κ1) is 17.1. The highest BCUT2D eigenvalue weighted by Gasteiger charge is 2.16. The quantitative estimate of drug-likeness (QED) is 0.774. The van der Waals surface area contributed by atoms with Crippen LogP contribution in [0.4, 0.5) is 4.39 Å². The molecule has 0 aliphatic carbocycles. The molecule has 130 valence electrons. The molecule has 1 amide bonds. The number of aryl methyl sites for hydroxylation is 1. The number of benzene rings is 1. The van der Waals surface area contributed by atoms with E-state index in [1.165, 1.54) is 12.1 Å². The van der Waals surface area contributed by atoms with Gasteiger partial charge in [0.05, 0.1) is 5.69 Å². The minimum absolute atomic E-state index is 0.0901. The molecule has 0 bridgehead atoms. The molecule has 2 aromatic heterocycles. The van der Waals surface area contributed by atoms with Crippen molar-refractivity contribution in [1.82, 2.24) is 20.1 Å². The molecule has 5 nitrogen and oxygen atoms in total. The number of hydrogen-bond acceptors (Lipinski definition) is 3. The van der Waals surface area contributed by atoms with Crippen LogP contribution in [0.1, 0.15) is 26.0 Å². The SMILES string of the molecule is CCC(C)NC(=O)Cn1nc(C)c2c(-c3ccc(F)cc3)ccnc21. The number of nitrogens with zero attached hydrogens (tertiary/aromatic N) is 3. The number of rotatable bonds is 5. The Morgan fingerprint density at radius 1 is 1.28 bits per heavy atom. The molecule has 3 aromatic rings. The lowest BCUT2D eigenvalue weighted by Gasteiger charge is -2.11. The molecule has 1 N–H and O–H groups in total. The zero-order valence-corrected chi connectivity index (χ0v) is 14.6. The highest BCUT2D eigenvalue weighted by atomic mass is 19.1. The highest BCUT2D eigenvalue weighted by Crippen LogP contribution is 2.29. The van der Waals surface area contributed by atoms with E-state index in [0.717, 1.165) is 28.6 Å². The van der Waals surface area contributed by atoms with Crippen LogP contribution in [-0.2, 0) is 11.3 Å². The molecule has 0 spiro atoms. The number of nitrogens with one attached hydrogen (secondary N) is 1. The monoisotopic (exact) mass is 340 g/mol. The maximum absolute atomic E-state index is 13.2. The Kier molecular flexibility index (Phi) is 4.79. The first-order chi connectivity index (χ1) is 12.0. The van der Waals surface area contributed by atoms with Crippen LogP contribution in [0.5, 0.6) is 0 Å². The largest absolute Gasteiger partial charge is 0.352 e. The van der Waals surface area contributed by atoms with E-state index in [4.69, 9.17) is 0 Å². The van der Waals surface area contributed by atoms with Crippen LogP contribution in [0.2, 0.25) is 0 Å². The number of aromatic nitrogens is 3. The number of amides is 1. The average Bonchev–Trinajstić information content (AvgIpc) is 2.91. The van der Waals surface area contributed by atoms with E-state index in [2.05, 4.69) is 15.4 Å². The highest BCUT2D eigenvalue weighted by molar-refractivity contribution is 5.95. The van der Waals surface area contributed by atoms with Crippen molar-refractivity contribution in [2.24, 2.45) is 0 Å². The lowest BCUT2D eigenvalue weighted by Crippen LogP contribution is -2.34. The Labute approximate surface area is 145 Å². The summed E-state index contributed by atoms with van der Waals surface area (Å²) in [5.41, 5.74) is 3.26. The van der Waals surface area contributed by atoms with Crippen molar-refractivity contribution in [3.05, 3.63) is 48.0 Å². The Morgan fingerprint density at radius 2 is 2.00 bits per heavy atom. The molecule has 0 fully saturated rings. The smallest absolute Gasteiger partial charge is 0.242 e.